The zero-order valence-electron chi connectivity index (χ0n) is 12.9. The average Bonchev–Trinajstić information content (AvgIpc) is 2.88. The van der Waals surface area contributed by atoms with Crippen LogP contribution < -0.4 is 0 Å². The van der Waals surface area contributed by atoms with Gasteiger partial charge in [0.1, 0.15) is 6.10 Å². The molecule has 116 valence electrons. The Morgan fingerprint density at radius 1 is 1.41 bits per heavy atom. The van der Waals surface area contributed by atoms with Crippen LogP contribution in [0.25, 0.3) is 0 Å². The van der Waals surface area contributed by atoms with Crippen LogP contribution in [0, 0.1) is 13.8 Å². The van der Waals surface area contributed by atoms with Crippen molar-refractivity contribution in [3.8, 4) is 0 Å². The van der Waals surface area contributed by atoms with Crippen molar-refractivity contribution in [2.75, 3.05) is 19.7 Å². The van der Waals surface area contributed by atoms with Crippen LogP contribution in [0.1, 0.15) is 28.6 Å². The van der Waals surface area contributed by atoms with Gasteiger partial charge in [-0.1, -0.05) is 0 Å². The highest BCUT2D eigenvalue weighted by Crippen LogP contribution is 2.22. The smallest absolute Gasteiger partial charge is 0.227 e. The molecule has 1 amide bonds. The summed E-state index contributed by atoms with van der Waals surface area (Å²) in [6.45, 7) is 5.64. The maximum absolute atomic E-state index is 12.6. The Morgan fingerprint density at radius 2 is 2.18 bits per heavy atom. The first-order valence-electron chi connectivity index (χ1n) is 7.45. The Hall–Kier alpha value is -2.21. The molecule has 0 radical (unpaired) electrons. The SMILES string of the molecule is Cc1n[nH]c(C)c1CC(=O)N1CCOC(c2ccncc2)C1. The largest absolute Gasteiger partial charge is 0.370 e. The van der Waals surface area contributed by atoms with Crippen molar-refractivity contribution in [3.63, 3.8) is 0 Å². The van der Waals surface area contributed by atoms with Gasteiger partial charge >= 0.3 is 0 Å². The van der Waals surface area contributed by atoms with Gasteiger partial charge in [0.25, 0.3) is 0 Å². The number of carbonyl (C=O) groups excluding carboxylic acids is 1. The lowest BCUT2D eigenvalue weighted by molar-refractivity contribution is -0.138. The second-order valence-electron chi connectivity index (χ2n) is 5.57. The highest BCUT2D eigenvalue weighted by Gasteiger charge is 2.26. The van der Waals surface area contributed by atoms with E-state index in [1.54, 1.807) is 12.4 Å². The zero-order valence-corrected chi connectivity index (χ0v) is 12.9. The van der Waals surface area contributed by atoms with E-state index in [2.05, 4.69) is 15.2 Å². The lowest BCUT2D eigenvalue weighted by Crippen LogP contribution is -2.43. The molecule has 0 aliphatic carbocycles. The molecular formula is C16H20N4O2. The number of ether oxygens (including phenoxy) is 1. The van der Waals surface area contributed by atoms with Crippen molar-refractivity contribution < 1.29 is 9.53 Å². The molecule has 2 aromatic heterocycles. The van der Waals surface area contributed by atoms with Gasteiger partial charge in [-0.15, -0.1) is 0 Å². The number of aryl methyl sites for hydroxylation is 2. The van der Waals surface area contributed by atoms with E-state index in [1.165, 1.54) is 0 Å². The van der Waals surface area contributed by atoms with Crippen LogP contribution in [0.15, 0.2) is 24.5 Å². The van der Waals surface area contributed by atoms with Gasteiger partial charge in [0.15, 0.2) is 0 Å². The molecule has 0 spiro atoms. The molecule has 1 unspecified atom stereocenters. The Morgan fingerprint density at radius 3 is 2.86 bits per heavy atom. The molecule has 0 bridgehead atoms. The third-order valence-corrected chi connectivity index (χ3v) is 4.11. The van der Waals surface area contributed by atoms with Crippen LogP contribution >= 0.6 is 0 Å². The summed E-state index contributed by atoms with van der Waals surface area (Å²) < 4.78 is 5.79. The van der Waals surface area contributed by atoms with E-state index in [0.29, 0.717) is 26.1 Å². The average molecular weight is 300 g/mol. The summed E-state index contributed by atoms with van der Waals surface area (Å²) in [7, 11) is 0. The van der Waals surface area contributed by atoms with Crippen molar-refractivity contribution in [3.05, 3.63) is 47.0 Å². The molecule has 2 aromatic rings. The van der Waals surface area contributed by atoms with Crippen LogP contribution in [0.4, 0.5) is 0 Å². The number of aromatic amines is 1. The minimum atomic E-state index is -0.0766. The van der Waals surface area contributed by atoms with Gasteiger partial charge in [-0.3, -0.25) is 14.9 Å². The van der Waals surface area contributed by atoms with Gasteiger partial charge in [-0.2, -0.15) is 5.10 Å². The fourth-order valence-corrected chi connectivity index (χ4v) is 2.75. The summed E-state index contributed by atoms with van der Waals surface area (Å²) in [6.07, 6.45) is 3.80. The molecule has 1 atom stereocenters. The summed E-state index contributed by atoms with van der Waals surface area (Å²) in [6, 6.07) is 3.87. The number of amides is 1. The lowest BCUT2D eigenvalue weighted by Gasteiger charge is -2.33. The molecule has 22 heavy (non-hydrogen) atoms. The Kier molecular flexibility index (Phi) is 4.20. The number of morpholine rings is 1. The van der Waals surface area contributed by atoms with E-state index < -0.39 is 0 Å². The summed E-state index contributed by atoms with van der Waals surface area (Å²) in [5.41, 5.74) is 3.91. The number of hydrogen-bond donors (Lipinski definition) is 1. The van der Waals surface area contributed by atoms with Crippen LogP contribution in [0.2, 0.25) is 0 Å². The highest BCUT2D eigenvalue weighted by atomic mass is 16.5. The lowest BCUT2D eigenvalue weighted by atomic mass is 10.1. The first-order valence-corrected chi connectivity index (χ1v) is 7.45. The van der Waals surface area contributed by atoms with Crippen LogP contribution in [0.3, 0.4) is 0 Å². The van der Waals surface area contributed by atoms with Crippen LogP contribution in [-0.4, -0.2) is 45.7 Å². The molecule has 3 rings (SSSR count). The number of nitrogens with one attached hydrogen (secondary N) is 1. The van der Waals surface area contributed by atoms with Gasteiger partial charge in [0.05, 0.1) is 25.3 Å². The monoisotopic (exact) mass is 300 g/mol. The van der Waals surface area contributed by atoms with Gasteiger partial charge in [-0.05, 0) is 31.5 Å². The predicted octanol–water partition coefficient (Wildman–Crippen LogP) is 1.56. The number of hydrogen-bond acceptors (Lipinski definition) is 4. The van der Waals surface area contributed by atoms with Gasteiger partial charge in [-0.25, -0.2) is 0 Å². The molecule has 1 saturated heterocycles. The van der Waals surface area contributed by atoms with Gasteiger partial charge in [0, 0.05) is 30.2 Å². The maximum Gasteiger partial charge on any atom is 0.227 e. The van der Waals surface area contributed by atoms with Crippen LogP contribution in [0.5, 0.6) is 0 Å². The summed E-state index contributed by atoms with van der Waals surface area (Å²) >= 11 is 0. The number of nitrogens with zero attached hydrogens (tertiary/aromatic N) is 3. The summed E-state index contributed by atoms with van der Waals surface area (Å²) in [4.78, 5) is 18.5. The van der Waals surface area contributed by atoms with Crippen molar-refractivity contribution in [1.82, 2.24) is 20.1 Å². The first-order chi connectivity index (χ1) is 10.6. The molecule has 0 saturated carbocycles. The van der Waals surface area contributed by atoms with Crippen LogP contribution in [-0.2, 0) is 16.0 Å². The normalized spacial score (nSPS) is 18.5. The topological polar surface area (TPSA) is 71.1 Å². The number of aromatic nitrogens is 3. The number of H-pyrrole nitrogens is 1. The molecule has 1 N–H and O–H groups in total. The molecule has 6 heteroatoms. The zero-order chi connectivity index (χ0) is 15.5. The quantitative estimate of drug-likeness (QED) is 0.934. The number of carbonyl (C=O) groups is 1. The van der Waals surface area contributed by atoms with Crippen molar-refractivity contribution >= 4 is 5.91 Å². The molecule has 6 nitrogen and oxygen atoms in total. The molecule has 1 aliphatic rings. The van der Waals surface area contributed by atoms with E-state index >= 15 is 0 Å². The third-order valence-electron chi connectivity index (χ3n) is 4.11. The van der Waals surface area contributed by atoms with E-state index in [-0.39, 0.29) is 12.0 Å². The summed E-state index contributed by atoms with van der Waals surface area (Å²) in [5, 5.41) is 7.08. The Bertz CT molecular complexity index is 634. The second kappa shape index (κ2) is 6.27. The van der Waals surface area contributed by atoms with E-state index in [4.69, 9.17) is 4.74 Å². The minimum absolute atomic E-state index is 0.0766. The fourth-order valence-electron chi connectivity index (χ4n) is 2.75. The third kappa shape index (κ3) is 3.01. The van der Waals surface area contributed by atoms with E-state index in [1.807, 2.05) is 30.9 Å². The number of pyridine rings is 1. The first kappa shape index (κ1) is 14.7. The Balaban J connectivity index is 1.68. The maximum atomic E-state index is 12.6. The van der Waals surface area contributed by atoms with Crippen molar-refractivity contribution in [2.24, 2.45) is 0 Å². The molecule has 0 aromatic carbocycles. The minimum Gasteiger partial charge on any atom is -0.370 e. The Labute approximate surface area is 129 Å². The molecular weight excluding hydrogens is 280 g/mol. The second-order valence-corrected chi connectivity index (χ2v) is 5.57. The van der Waals surface area contributed by atoms with Gasteiger partial charge in [0.2, 0.25) is 5.91 Å². The molecule has 1 fully saturated rings. The fraction of sp³-hybridized carbons (Fsp3) is 0.438. The van der Waals surface area contributed by atoms with E-state index in [0.717, 1.165) is 22.5 Å². The number of rotatable bonds is 3. The predicted molar refractivity (Wildman–Crippen MR) is 81.3 cm³/mol. The summed E-state index contributed by atoms with van der Waals surface area (Å²) in [5.74, 6) is 0.120. The van der Waals surface area contributed by atoms with Crippen molar-refractivity contribution in [2.45, 2.75) is 26.4 Å². The van der Waals surface area contributed by atoms with Gasteiger partial charge < -0.3 is 9.64 Å². The van der Waals surface area contributed by atoms with Crippen molar-refractivity contribution in [1.29, 1.82) is 0 Å². The highest BCUT2D eigenvalue weighted by molar-refractivity contribution is 5.79. The molecule has 3 heterocycles. The molecule has 1 aliphatic heterocycles. The standard InChI is InChI=1S/C16H20N4O2/c1-11-14(12(2)19-18-11)9-16(21)20-7-8-22-15(10-20)13-3-5-17-6-4-13/h3-6,15H,7-10H2,1-2H3,(H,18,19). The van der Waals surface area contributed by atoms with E-state index in [9.17, 15) is 4.79 Å².